The minimum Gasteiger partial charge on any atom is -0.497 e. The van der Waals surface area contributed by atoms with Crippen molar-refractivity contribution in [3.8, 4) is 11.5 Å². The van der Waals surface area contributed by atoms with E-state index in [2.05, 4.69) is 0 Å². The Morgan fingerprint density at radius 2 is 1.33 bits per heavy atom. The van der Waals surface area contributed by atoms with Crippen molar-refractivity contribution in [3.63, 3.8) is 0 Å². The third-order valence-corrected chi connectivity index (χ3v) is 2.13. The molecule has 0 saturated heterocycles. The largest absolute Gasteiger partial charge is 0.501 e. The molecule has 0 heterocycles. The molecule has 1 aromatic rings. The van der Waals surface area contributed by atoms with Crippen LogP contribution in [0.5, 0.6) is 11.5 Å². The minimum absolute atomic E-state index is 0.490. The maximum atomic E-state index is 5.23. The summed E-state index contributed by atoms with van der Waals surface area (Å²) in [4.78, 5) is 0. The van der Waals surface area contributed by atoms with Crippen molar-refractivity contribution in [2.24, 2.45) is 0 Å². The van der Waals surface area contributed by atoms with E-state index in [1.165, 1.54) is 0 Å². The van der Waals surface area contributed by atoms with Crippen LogP contribution in [0.25, 0.3) is 0 Å². The van der Waals surface area contributed by atoms with Crippen LogP contribution in [0, 0.1) is 0 Å². The lowest BCUT2D eigenvalue weighted by molar-refractivity contribution is 0.288. The molecule has 0 spiro atoms. The zero-order valence-corrected chi connectivity index (χ0v) is 9.44. The molecule has 0 amide bonds. The van der Waals surface area contributed by atoms with Gasteiger partial charge in [-0.15, -0.1) is 0 Å². The van der Waals surface area contributed by atoms with Gasteiger partial charge in [-0.25, -0.2) is 0 Å². The smallest absolute Gasteiger partial charge is 0.497 e. The Kier molecular flexibility index (Phi) is 4.46. The first-order chi connectivity index (χ1) is 7.28. The molecule has 0 aliphatic carbocycles. The SMILES string of the molecule is COB(OC)c1c(OC)cccc1OC. The van der Waals surface area contributed by atoms with Crippen LogP contribution in [0.1, 0.15) is 0 Å². The lowest BCUT2D eigenvalue weighted by Gasteiger charge is -2.16. The lowest BCUT2D eigenvalue weighted by atomic mass is 9.77. The van der Waals surface area contributed by atoms with E-state index >= 15 is 0 Å². The Bertz CT molecular complexity index is 290. The molecule has 0 bridgehead atoms. The van der Waals surface area contributed by atoms with E-state index in [0.29, 0.717) is 11.5 Å². The van der Waals surface area contributed by atoms with Crippen LogP contribution in [0.3, 0.4) is 0 Å². The zero-order valence-electron chi connectivity index (χ0n) is 9.44. The molecule has 0 fully saturated rings. The summed E-state index contributed by atoms with van der Waals surface area (Å²) in [5.41, 5.74) is 0.757. The fourth-order valence-electron chi connectivity index (χ4n) is 1.44. The quantitative estimate of drug-likeness (QED) is 0.670. The summed E-state index contributed by atoms with van der Waals surface area (Å²) in [7, 11) is 5.84. The van der Waals surface area contributed by atoms with Crippen molar-refractivity contribution in [1.82, 2.24) is 0 Å². The van der Waals surface area contributed by atoms with E-state index in [4.69, 9.17) is 18.8 Å². The molecule has 82 valence electrons. The highest BCUT2D eigenvalue weighted by Crippen LogP contribution is 2.17. The van der Waals surface area contributed by atoms with Gasteiger partial charge in [0.1, 0.15) is 11.5 Å². The van der Waals surface area contributed by atoms with E-state index in [0.717, 1.165) is 5.46 Å². The third kappa shape index (κ3) is 2.43. The molecular formula is C10H15BO4. The molecule has 0 aromatic heterocycles. The molecule has 0 saturated carbocycles. The molecule has 0 unspecified atom stereocenters. The van der Waals surface area contributed by atoms with Crippen molar-refractivity contribution in [3.05, 3.63) is 18.2 Å². The molecule has 0 aliphatic rings. The van der Waals surface area contributed by atoms with Crippen LogP contribution in [0.15, 0.2) is 18.2 Å². The highest BCUT2D eigenvalue weighted by Gasteiger charge is 2.26. The van der Waals surface area contributed by atoms with Crippen LogP contribution in [-0.4, -0.2) is 35.6 Å². The van der Waals surface area contributed by atoms with Gasteiger partial charge in [-0.3, -0.25) is 0 Å². The lowest BCUT2D eigenvalue weighted by Crippen LogP contribution is -2.36. The van der Waals surface area contributed by atoms with Crippen LogP contribution >= 0.6 is 0 Å². The Labute approximate surface area is 90.2 Å². The van der Waals surface area contributed by atoms with Crippen LogP contribution < -0.4 is 14.9 Å². The number of methoxy groups -OCH3 is 2. The maximum Gasteiger partial charge on any atom is 0.501 e. The van der Waals surface area contributed by atoms with E-state index < -0.39 is 7.12 Å². The summed E-state index contributed by atoms with van der Waals surface area (Å²) in [6.07, 6.45) is 0. The van der Waals surface area contributed by atoms with Crippen molar-refractivity contribution in [1.29, 1.82) is 0 Å². The standard InChI is InChI=1S/C10H15BO4/c1-12-8-6-5-7-9(13-2)10(8)11(14-3)15-4/h5-7H,1-4H3. The average molecular weight is 210 g/mol. The van der Waals surface area contributed by atoms with E-state index in [1.807, 2.05) is 18.2 Å². The number of ether oxygens (including phenoxy) is 2. The van der Waals surface area contributed by atoms with Crippen molar-refractivity contribution >= 4 is 12.6 Å². The van der Waals surface area contributed by atoms with Crippen LogP contribution in [0.4, 0.5) is 0 Å². The molecule has 0 N–H and O–H groups in total. The second-order valence-electron chi connectivity index (χ2n) is 2.88. The molecule has 0 aliphatic heterocycles. The third-order valence-electron chi connectivity index (χ3n) is 2.13. The Morgan fingerprint density at radius 3 is 1.67 bits per heavy atom. The summed E-state index contributed by atoms with van der Waals surface area (Å²) in [6, 6.07) is 5.52. The highest BCUT2D eigenvalue weighted by atomic mass is 16.6. The second-order valence-corrected chi connectivity index (χ2v) is 2.88. The van der Waals surface area contributed by atoms with Gasteiger partial charge in [0.2, 0.25) is 0 Å². The summed E-state index contributed by atoms with van der Waals surface area (Å²) >= 11 is 0. The molecule has 0 atom stereocenters. The number of rotatable bonds is 5. The second kappa shape index (κ2) is 5.63. The van der Waals surface area contributed by atoms with Gasteiger partial charge in [-0.1, -0.05) is 6.07 Å². The van der Waals surface area contributed by atoms with E-state index in [9.17, 15) is 0 Å². The summed E-state index contributed by atoms with van der Waals surface area (Å²) in [6.45, 7) is 0. The summed E-state index contributed by atoms with van der Waals surface area (Å²) < 4.78 is 20.8. The first kappa shape index (κ1) is 11.9. The zero-order chi connectivity index (χ0) is 11.3. The van der Waals surface area contributed by atoms with Gasteiger partial charge in [0.05, 0.1) is 19.7 Å². The predicted molar refractivity (Wildman–Crippen MR) is 59.0 cm³/mol. The minimum atomic E-state index is -0.490. The summed E-state index contributed by atoms with van der Waals surface area (Å²) in [5, 5.41) is 0. The molecule has 5 heteroatoms. The maximum absolute atomic E-state index is 5.23. The van der Waals surface area contributed by atoms with Gasteiger partial charge >= 0.3 is 7.12 Å². The molecule has 1 aromatic carbocycles. The number of hydrogen-bond acceptors (Lipinski definition) is 4. The van der Waals surface area contributed by atoms with Gasteiger partial charge in [-0.05, 0) is 12.1 Å². The van der Waals surface area contributed by atoms with Crippen molar-refractivity contribution in [2.75, 3.05) is 28.4 Å². The van der Waals surface area contributed by atoms with Crippen LogP contribution in [0.2, 0.25) is 0 Å². The normalized spacial score (nSPS) is 9.87. The fraction of sp³-hybridized carbons (Fsp3) is 0.400. The van der Waals surface area contributed by atoms with E-state index in [1.54, 1.807) is 28.4 Å². The number of benzene rings is 1. The van der Waals surface area contributed by atoms with Crippen molar-refractivity contribution in [2.45, 2.75) is 0 Å². The predicted octanol–water partition coefficient (Wildman–Crippen LogP) is 0.692. The highest BCUT2D eigenvalue weighted by molar-refractivity contribution is 6.63. The average Bonchev–Trinajstić information content (AvgIpc) is 2.30. The van der Waals surface area contributed by atoms with Gasteiger partial charge in [0.25, 0.3) is 0 Å². The van der Waals surface area contributed by atoms with E-state index in [-0.39, 0.29) is 0 Å². The number of hydrogen-bond donors (Lipinski definition) is 0. The van der Waals surface area contributed by atoms with Gasteiger partial charge in [-0.2, -0.15) is 0 Å². The van der Waals surface area contributed by atoms with Gasteiger partial charge in [0, 0.05) is 14.2 Å². The van der Waals surface area contributed by atoms with Gasteiger partial charge < -0.3 is 18.8 Å². The Balaban J connectivity index is 3.20. The monoisotopic (exact) mass is 210 g/mol. The first-order valence-corrected chi connectivity index (χ1v) is 4.55. The molecule has 15 heavy (non-hydrogen) atoms. The Hall–Kier alpha value is -1.20. The summed E-state index contributed by atoms with van der Waals surface area (Å²) in [5.74, 6) is 1.37. The van der Waals surface area contributed by atoms with Gasteiger partial charge in [0.15, 0.2) is 0 Å². The molecular weight excluding hydrogens is 195 g/mol. The van der Waals surface area contributed by atoms with Crippen LogP contribution in [-0.2, 0) is 9.31 Å². The molecule has 0 radical (unpaired) electrons. The molecule has 4 nitrogen and oxygen atoms in total. The first-order valence-electron chi connectivity index (χ1n) is 4.55. The van der Waals surface area contributed by atoms with Crippen molar-refractivity contribution < 1.29 is 18.8 Å². The molecule has 1 rings (SSSR count). The Morgan fingerprint density at radius 1 is 0.867 bits per heavy atom. The topological polar surface area (TPSA) is 36.9 Å². The fourth-order valence-corrected chi connectivity index (χ4v) is 1.44.